The van der Waals surface area contributed by atoms with Crippen molar-refractivity contribution < 1.29 is 118 Å². The molecular weight excluding hydrogens is 3370 g/mol. The van der Waals surface area contributed by atoms with Gasteiger partial charge in [0.1, 0.15) is 0 Å². The minimum absolute atomic E-state index is 0. The second kappa shape index (κ2) is 46.5. The molecule has 37 unspecified atom stereocenters. The average molecular weight is 3540 g/mol. The topological polar surface area (TPSA) is 157 Å². The van der Waals surface area contributed by atoms with Crippen molar-refractivity contribution in [3.05, 3.63) is 30.5 Å². The van der Waals surface area contributed by atoms with Crippen LogP contribution in [0.25, 0.3) is 0 Å². The van der Waals surface area contributed by atoms with Crippen LogP contribution in [0.4, 0.5) is 65.9 Å². The van der Waals surface area contributed by atoms with E-state index in [-0.39, 0.29) is 61.7 Å². The summed E-state index contributed by atoms with van der Waals surface area (Å²) in [6.07, 6.45) is -7.81. The van der Waals surface area contributed by atoms with Gasteiger partial charge < -0.3 is 52.1 Å². The number of halogens is 21. The molecule has 20 aliphatic rings. The van der Waals surface area contributed by atoms with Crippen molar-refractivity contribution in [1.29, 1.82) is 0 Å². The van der Waals surface area contributed by atoms with E-state index in [1.54, 1.807) is 34.4 Å². The second-order valence-electron chi connectivity index (χ2n) is 50.7. The molecule has 824 valence electrons. The Hall–Kier alpha value is -3.67. The summed E-state index contributed by atoms with van der Waals surface area (Å²) in [6.45, 7) is 47.8. The maximum atomic E-state index is 12.6. The minimum Gasteiger partial charge on any atom is -0.554 e. The number of aliphatic hydroxyl groups is 5. The van der Waals surface area contributed by atoms with Crippen LogP contribution in [0.2, 0.25) is 52.4 Å². The van der Waals surface area contributed by atoms with Crippen molar-refractivity contribution in [1.82, 2.24) is 0 Å². The predicted octanol–water partition coefficient (Wildman–Crippen LogP) is 32.5. The van der Waals surface area contributed by atoms with E-state index in [1.165, 1.54) is 57.8 Å². The van der Waals surface area contributed by atoms with Gasteiger partial charge in [-0.05, 0) is 367 Å². The van der Waals surface area contributed by atoms with Gasteiger partial charge in [-0.15, -0.1) is 98.6 Å². The number of fused-ring (bicyclic) bond motifs is 45. The molecule has 0 saturated heterocycles. The Morgan fingerprint density at radius 3 is 0.590 bits per heavy atom. The molecule has 0 aromatic carbocycles. The summed E-state index contributed by atoms with van der Waals surface area (Å²) in [5.74, 6) is 21.8. The van der Waals surface area contributed by atoms with Crippen molar-refractivity contribution in [2.45, 2.75) is 327 Å². The Morgan fingerprint density at radius 1 is 0.271 bits per heavy atom. The first-order valence-electron chi connectivity index (χ1n) is 52.3. The monoisotopic (exact) mass is 3540 g/mol. The molecule has 42 heteroatoms. The molecule has 20 bridgehead atoms. The normalized spacial score (nSPS) is 40.1. The van der Waals surface area contributed by atoms with Crippen LogP contribution in [0.5, 0.6) is 0 Å². The van der Waals surface area contributed by atoms with Crippen molar-refractivity contribution in [3.8, 4) is 0 Å². The van der Waals surface area contributed by atoms with E-state index in [2.05, 4.69) is 95.4 Å². The third-order valence-corrected chi connectivity index (χ3v) is 45.5. The van der Waals surface area contributed by atoms with E-state index in [0.717, 1.165) is 141 Å². The zero-order valence-corrected chi connectivity index (χ0v) is 132. The summed E-state index contributed by atoms with van der Waals surface area (Å²) >= 11 is 31.2. The average Bonchev–Trinajstić information content (AvgIpc) is 1.54. The summed E-state index contributed by atoms with van der Waals surface area (Å²) in [6, 6.07) is -4.39. The van der Waals surface area contributed by atoms with Gasteiger partial charge in [0.05, 0.1) is 0 Å². The number of aliphatic hydroxyl groups excluding tert-OH is 5. The van der Waals surface area contributed by atoms with Crippen LogP contribution in [0.3, 0.4) is 0 Å². The first kappa shape index (κ1) is 129. The largest absolute Gasteiger partial charge is 0.554 e. The minimum atomic E-state index is -4.53. The van der Waals surface area contributed by atoms with Crippen molar-refractivity contribution in [2.24, 2.45) is 241 Å². The predicted molar refractivity (Wildman–Crippen MR) is 529 cm³/mol. The molecule has 37 atom stereocenters. The van der Waals surface area contributed by atoms with Gasteiger partial charge in [0.2, 0.25) is 0 Å². The van der Waals surface area contributed by atoms with Gasteiger partial charge in [0, 0.05) is 62.3 Å². The van der Waals surface area contributed by atoms with Crippen LogP contribution in [0, 0.1) is 271 Å². The Morgan fingerprint density at radius 2 is 0.431 bits per heavy atom. The first-order valence-corrected chi connectivity index (χ1v) is 71.8. The van der Waals surface area contributed by atoms with Gasteiger partial charge in [0.25, 0.3) is 30.9 Å². The summed E-state index contributed by atoms with van der Waals surface area (Å²) < 4.78 is 220. The van der Waals surface area contributed by atoms with Crippen LogP contribution < -0.4 is 0 Å². The molecule has 0 amide bonds. The molecule has 20 saturated carbocycles. The van der Waals surface area contributed by atoms with Gasteiger partial charge >= 0.3 is 29.6 Å². The van der Waals surface area contributed by atoms with E-state index in [4.69, 9.17) is 93.0 Å². The Bertz CT molecular complexity index is 3570. The Kier molecular flexibility index (Phi) is 41.7. The number of rotatable bonds is 19. The molecule has 0 aliphatic heterocycles. The van der Waals surface area contributed by atoms with Gasteiger partial charge in [-0.25, -0.2) is 65.9 Å². The molecule has 144 heavy (non-hydrogen) atoms. The smallest absolute Gasteiger partial charge is 0.497 e. The fourth-order valence-corrected chi connectivity index (χ4v) is 38.9. The second-order valence-corrected chi connectivity index (χ2v) is 82.5. The number of hydrogen-bond acceptors (Lipinski definition) is 11. The third-order valence-electron chi connectivity index (χ3n) is 40.8. The number of hydrogen-bond donors (Lipinski definition) is 5. The summed E-state index contributed by atoms with van der Waals surface area (Å²) in [7, 11) is -0.284. The van der Waals surface area contributed by atoms with Gasteiger partial charge in [-0.2, -0.15) is 0 Å². The van der Waals surface area contributed by atoms with E-state index in [9.17, 15) is 91.4 Å². The molecule has 5 N–H and O–H groups in total. The van der Waals surface area contributed by atoms with E-state index in [1.807, 2.05) is 33.9 Å². The molecule has 20 aliphatic carbocycles. The summed E-state index contributed by atoms with van der Waals surface area (Å²) in [5, 5.41) is 46.7. The van der Waals surface area contributed by atoms with Crippen LogP contribution in [0.15, 0.2) is 0 Å². The van der Waals surface area contributed by atoms with Crippen LogP contribution in [0.1, 0.15) is 244 Å². The van der Waals surface area contributed by atoms with Crippen LogP contribution >= 0.6 is 66.5 Å². The Labute approximate surface area is 855 Å². The maximum Gasteiger partial charge on any atom is 0.497 e. The molecule has 20 fully saturated rings. The first-order chi connectivity index (χ1) is 63.5. The standard InChI is InChI=1S/5C17H24F3O.C7H18O3Si.C4H12O3Si.C4H12Si.2CH3Cl3Si.5Rf/c1-7-8(2)12-6-11(7)15-10-3-9(13(4-10)16(12)15)5-14(21)17(18,19)20;4*1-16(2)11-3-4-12(16)15-10-6-9(14(11)15)5-8(10)7-13(21)17(18,19)20;1-5-8-11(4,9-6-2)10-7-3;1-5-8(4,6-2)7-3;3*1-5(2,3)4;;;;;/h7-13,15-16,21H,3-6H2,1-2H3;4*8-12,14-15,21H,3-7H2,1-2H3;5-7H2,1-4H3;1-4H3;1-4H3;2*1H3;;;;;/q5*-1;;;;;;;;;;. The Balaban J connectivity index is 0.000000253. The van der Waals surface area contributed by atoms with Crippen molar-refractivity contribution in [2.75, 3.05) is 41.2 Å². The molecule has 20 rings (SSSR count). The molecule has 0 aromatic heterocycles. The number of alkyl halides is 15. The summed E-state index contributed by atoms with van der Waals surface area (Å²) in [4.78, 5) is 0. The zero-order valence-electron chi connectivity index (χ0n) is 90.1. The molecule has 11 nitrogen and oxygen atoms in total. The maximum absolute atomic E-state index is 12.6. The fourth-order valence-electron chi connectivity index (χ4n) is 36.5. The van der Waals surface area contributed by atoms with E-state index < -0.39 is 99.1 Å². The van der Waals surface area contributed by atoms with E-state index >= 15 is 0 Å². The van der Waals surface area contributed by atoms with Crippen LogP contribution in [-0.2, 0) is 26.6 Å². The van der Waals surface area contributed by atoms with Gasteiger partial charge in [0.15, 0.2) is 0 Å². The van der Waals surface area contributed by atoms with Crippen molar-refractivity contribution >= 4 is 104 Å². The fraction of sp³-hybridized carbons (Fsp3) is 0.951. The van der Waals surface area contributed by atoms with Gasteiger partial charge in [-0.3, -0.25) is 0 Å². The van der Waals surface area contributed by atoms with Gasteiger partial charge in [-0.1, -0.05) is 156 Å². The summed E-state index contributed by atoms with van der Waals surface area (Å²) in [5.41, 5.74) is 1.54. The third kappa shape index (κ3) is 26.9. The molecule has 0 heterocycles. The van der Waals surface area contributed by atoms with Crippen molar-refractivity contribution in [3.63, 3.8) is 0 Å². The molecule has 0 spiro atoms. The molecule has 0 aromatic rings. The quantitative estimate of drug-likeness (QED) is 0.0276. The molecule has 0 radical (unpaired) electrons. The SMILES string of the molecule is CC1(C)C2CCC1C1C3CC(CC3C[C-](O)C(F)(F)F)C12.CC1(C)C2CCC1C1C3CC(CC3C[C-](O)C(F)(F)F)C12.CC1(C)C2CCC1C1C3CC(CC3C[C-](O)C(F)(F)F)C12.CC1(C)C2CCC1C1C3CC(CC3C[C-](O)C(F)(F)F)C12.CC1C(C)C2CC1C1C3CC(C[C-](O)C(F)(F)F)C(C3)C21.CCO[Si](C)(OCC)OCC.CO[Si](C)(OC)OC.C[Si](C)(C)C.C[Si](Cl)(Cl)Cl.C[Si](Cl)(Cl)Cl.[Rf].[Rf].[Rf].[Rf].[Rf]. The van der Waals surface area contributed by atoms with Crippen LogP contribution in [-0.4, -0.2) is 135 Å². The zero-order chi connectivity index (χ0) is 105. The molecular formula is C102H168Cl6F15O11Rf5Si5-5. The van der Waals surface area contributed by atoms with E-state index in [0.29, 0.717) is 154 Å².